The van der Waals surface area contributed by atoms with E-state index in [1.54, 1.807) is 0 Å². The van der Waals surface area contributed by atoms with Crippen molar-refractivity contribution in [2.45, 2.75) is 23.8 Å². The van der Waals surface area contributed by atoms with Crippen LogP contribution < -0.4 is 15.8 Å². The van der Waals surface area contributed by atoms with E-state index in [1.165, 1.54) is 0 Å². The van der Waals surface area contributed by atoms with Gasteiger partial charge < -0.3 is 11.1 Å². The Labute approximate surface area is 114 Å². The van der Waals surface area contributed by atoms with Crippen LogP contribution in [0.3, 0.4) is 0 Å². The quantitative estimate of drug-likeness (QED) is 0.690. The Hall–Kier alpha value is -1.74. The summed E-state index contributed by atoms with van der Waals surface area (Å²) >= 11 is 0. The maximum Gasteiger partial charge on any atom is 0.244 e. The first kappa shape index (κ1) is 14.7. The zero-order valence-corrected chi connectivity index (χ0v) is 11.1. The van der Waals surface area contributed by atoms with Crippen molar-refractivity contribution in [2.24, 2.45) is 0 Å². The summed E-state index contributed by atoms with van der Waals surface area (Å²) in [7, 11) is -4.30. The molecule has 1 heterocycles. The van der Waals surface area contributed by atoms with Crippen molar-refractivity contribution in [1.82, 2.24) is 10.0 Å². The first-order chi connectivity index (χ1) is 9.31. The fourth-order valence-corrected chi connectivity index (χ4v) is 3.21. The summed E-state index contributed by atoms with van der Waals surface area (Å²) in [6.45, 7) is 0.467. The van der Waals surface area contributed by atoms with Crippen LogP contribution in [0.4, 0.5) is 14.5 Å². The highest BCUT2D eigenvalue weighted by Crippen LogP contribution is 2.21. The molecule has 1 atom stereocenters. The fraction of sp³-hybridized carbons (Fsp3) is 0.364. The van der Waals surface area contributed by atoms with E-state index >= 15 is 0 Å². The van der Waals surface area contributed by atoms with Gasteiger partial charge >= 0.3 is 0 Å². The second-order valence-electron chi connectivity index (χ2n) is 4.41. The number of benzene rings is 1. The minimum Gasteiger partial charge on any atom is -0.396 e. The molecular formula is C11H13F2N3O3S. The van der Waals surface area contributed by atoms with Gasteiger partial charge in [0.25, 0.3) is 0 Å². The third-order valence-corrected chi connectivity index (χ3v) is 4.41. The van der Waals surface area contributed by atoms with Crippen molar-refractivity contribution >= 4 is 21.6 Å². The molecule has 1 fully saturated rings. The third kappa shape index (κ3) is 2.88. The van der Waals surface area contributed by atoms with E-state index in [2.05, 4.69) is 10.0 Å². The van der Waals surface area contributed by atoms with Gasteiger partial charge in [-0.05, 0) is 18.9 Å². The first-order valence-electron chi connectivity index (χ1n) is 5.86. The first-order valence-corrected chi connectivity index (χ1v) is 7.34. The van der Waals surface area contributed by atoms with Gasteiger partial charge in [0, 0.05) is 12.6 Å². The predicted molar refractivity (Wildman–Crippen MR) is 67.1 cm³/mol. The van der Waals surface area contributed by atoms with Crippen LogP contribution >= 0.6 is 0 Å². The van der Waals surface area contributed by atoms with Crippen molar-refractivity contribution in [3.8, 4) is 0 Å². The number of halogens is 2. The molecule has 4 N–H and O–H groups in total. The summed E-state index contributed by atoms with van der Waals surface area (Å²) in [5.74, 6) is -2.78. The number of sulfonamides is 1. The predicted octanol–water partition coefficient (Wildman–Crippen LogP) is 0.104. The SMILES string of the molecule is Nc1cc(S(=O)(=O)NC2CCCNC2=O)c(F)cc1F. The molecule has 2 rings (SSSR count). The zero-order chi connectivity index (χ0) is 14.9. The normalized spacial score (nSPS) is 19.7. The summed E-state index contributed by atoms with van der Waals surface area (Å²) in [6, 6.07) is 0.109. The molecule has 0 aromatic heterocycles. The minimum absolute atomic E-state index is 0.309. The van der Waals surface area contributed by atoms with Crippen LogP contribution in [0, 0.1) is 11.6 Å². The molecule has 20 heavy (non-hydrogen) atoms. The highest BCUT2D eigenvalue weighted by atomic mass is 32.2. The average molecular weight is 305 g/mol. The molecule has 1 aromatic rings. The van der Waals surface area contributed by atoms with Crippen LogP contribution in [0.1, 0.15) is 12.8 Å². The monoisotopic (exact) mass is 305 g/mol. The number of hydrogen-bond donors (Lipinski definition) is 3. The zero-order valence-electron chi connectivity index (χ0n) is 10.3. The smallest absolute Gasteiger partial charge is 0.244 e. The number of carbonyl (C=O) groups excluding carboxylic acids is 1. The van der Waals surface area contributed by atoms with Crippen molar-refractivity contribution in [1.29, 1.82) is 0 Å². The number of hydrogen-bond acceptors (Lipinski definition) is 4. The Kier molecular flexibility index (Phi) is 3.91. The highest BCUT2D eigenvalue weighted by molar-refractivity contribution is 7.89. The maximum absolute atomic E-state index is 13.6. The largest absolute Gasteiger partial charge is 0.396 e. The second kappa shape index (κ2) is 5.33. The number of carbonyl (C=O) groups is 1. The van der Waals surface area contributed by atoms with E-state index in [1.807, 2.05) is 0 Å². The lowest BCUT2D eigenvalue weighted by molar-refractivity contribution is -0.124. The summed E-state index contributed by atoms with van der Waals surface area (Å²) in [5, 5.41) is 2.50. The van der Waals surface area contributed by atoms with E-state index in [-0.39, 0.29) is 0 Å². The molecule has 0 spiro atoms. The lowest BCUT2D eigenvalue weighted by Gasteiger charge is -2.22. The van der Waals surface area contributed by atoms with E-state index < -0.39 is 44.2 Å². The second-order valence-corrected chi connectivity index (χ2v) is 6.09. The number of nitrogen functional groups attached to an aromatic ring is 1. The average Bonchev–Trinajstić information content (AvgIpc) is 2.36. The molecule has 9 heteroatoms. The van der Waals surface area contributed by atoms with Crippen LogP contribution in [0.25, 0.3) is 0 Å². The van der Waals surface area contributed by atoms with Gasteiger partial charge in [-0.15, -0.1) is 0 Å². The molecule has 1 amide bonds. The Morgan fingerprint density at radius 3 is 2.65 bits per heavy atom. The van der Waals surface area contributed by atoms with Gasteiger partial charge in [-0.25, -0.2) is 17.2 Å². The molecule has 0 bridgehead atoms. The Bertz CT molecular complexity index is 649. The van der Waals surface area contributed by atoms with Crippen LogP contribution in [-0.2, 0) is 14.8 Å². The van der Waals surface area contributed by atoms with Gasteiger partial charge in [-0.1, -0.05) is 0 Å². The van der Waals surface area contributed by atoms with Gasteiger partial charge in [-0.3, -0.25) is 4.79 Å². The molecule has 1 aliphatic heterocycles. The van der Waals surface area contributed by atoms with E-state index in [0.29, 0.717) is 31.5 Å². The van der Waals surface area contributed by atoms with Crippen molar-refractivity contribution in [3.05, 3.63) is 23.8 Å². The van der Waals surface area contributed by atoms with Gasteiger partial charge in [0.2, 0.25) is 15.9 Å². The van der Waals surface area contributed by atoms with E-state index in [0.717, 1.165) is 0 Å². The number of anilines is 1. The number of nitrogens with two attached hydrogens (primary N) is 1. The minimum atomic E-state index is -4.30. The number of amides is 1. The lowest BCUT2D eigenvalue weighted by atomic mass is 10.1. The van der Waals surface area contributed by atoms with Gasteiger partial charge in [0.1, 0.15) is 22.6 Å². The van der Waals surface area contributed by atoms with Gasteiger partial charge in [0.05, 0.1) is 5.69 Å². The topological polar surface area (TPSA) is 101 Å². The van der Waals surface area contributed by atoms with E-state index in [9.17, 15) is 22.0 Å². The molecule has 1 aliphatic rings. The van der Waals surface area contributed by atoms with Crippen LogP contribution in [-0.4, -0.2) is 26.9 Å². The lowest BCUT2D eigenvalue weighted by Crippen LogP contribution is -2.50. The van der Waals surface area contributed by atoms with Gasteiger partial charge in [0.15, 0.2) is 0 Å². The molecular weight excluding hydrogens is 292 g/mol. The maximum atomic E-state index is 13.6. The molecule has 6 nitrogen and oxygen atoms in total. The van der Waals surface area contributed by atoms with Crippen molar-refractivity contribution in [3.63, 3.8) is 0 Å². The third-order valence-electron chi connectivity index (χ3n) is 2.92. The number of piperidine rings is 1. The summed E-state index contributed by atoms with van der Waals surface area (Å²) in [4.78, 5) is 10.7. The van der Waals surface area contributed by atoms with Crippen molar-refractivity contribution < 1.29 is 22.0 Å². The summed E-state index contributed by atoms with van der Waals surface area (Å²) < 4.78 is 52.7. The molecule has 0 saturated carbocycles. The summed E-state index contributed by atoms with van der Waals surface area (Å²) in [5.41, 5.74) is 4.75. The Balaban J connectivity index is 2.31. The molecule has 1 unspecified atom stereocenters. The molecule has 110 valence electrons. The molecule has 0 radical (unpaired) electrons. The Morgan fingerprint density at radius 1 is 1.30 bits per heavy atom. The highest BCUT2D eigenvalue weighted by Gasteiger charge is 2.29. The number of nitrogens with one attached hydrogen (secondary N) is 2. The van der Waals surface area contributed by atoms with Crippen molar-refractivity contribution in [2.75, 3.05) is 12.3 Å². The molecule has 0 aliphatic carbocycles. The van der Waals surface area contributed by atoms with Gasteiger partial charge in [-0.2, -0.15) is 4.72 Å². The standard InChI is InChI=1S/C11H13F2N3O3S/c12-6-4-7(13)10(5-8(6)14)20(18,19)16-9-2-1-3-15-11(9)17/h4-5,9,16H,1-3,14H2,(H,15,17). The van der Waals surface area contributed by atoms with Crippen LogP contribution in [0.5, 0.6) is 0 Å². The summed E-state index contributed by atoms with van der Waals surface area (Å²) in [6.07, 6.45) is 0.913. The van der Waals surface area contributed by atoms with Crippen LogP contribution in [0.15, 0.2) is 17.0 Å². The van der Waals surface area contributed by atoms with E-state index in [4.69, 9.17) is 5.73 Å². The number of rotatable bonds is 3. The fourth-order valence-electron chi connectivity index (χ4n) is 1.89. The van der Waals surface area contributed by atoms with Crippen LogP contribution in [0.2, 0.25) is 0 Å². The molecule has 1 saturated heterocycles. The molecule has 1 aromatic carbocycles. The Morgan fingerprint density at radius 2 is 2.00 bits per heavy atom.